The van der Waals surface area contributed by atoms with Gasteiger partial charge in [0.15, 0.2) is 22.5 Å². The molecule has 4 N–H and O–H groups in total. The second kappa shape index (κ2) is 12.4. The van der Waals surface area contributed by atoms with Crippen LogP contribution in [0.5, 0.6) is 0 Å². The molecule has 0 saturated carbocycles. The fourth-order valence-electron chi connectivity index (χ4n) is 3.83. The zero-order valence-corrected chi connectivity index (χ0v) is 22.2. The molecule has 0 atom stereocenters. The predicted octanol–water partition coefficient (Wildman–Crippen LogP) is 2.87. The maximum atomic E-state index is 12.6. The van der Waals surface area contributed by atoms with Gasteiger partial charge in [-0.05, 0) is 51.9 Å². The minimum atomic E-state index is -0.378. The lowest BCUT2D eigenvalue weighted by atomic mass is 10.2. The number of benzene rings is 1. The SMILES string of the molecule is Nc1nc(NCc2ccc(I)cc2)c(Cl)nc1C(=O)NCCN1CCN(Cc2cccnc2)CC1. The molecule has 0 unspecified atom stereocenters. The Morgan fingerprint density at radius 1 is 1.06 bits per heavy atom. The first-order valence-corrected chi connectivity index (χ1v) is 12.9. The summed E-state index contributed by atoms with van der Waals surface area (Å²) in [6.45, 7) is 6.53. The van der Waals surface area contributed by atoms with E-state index < -0.39 is 0 Å². The van der Waals surface area contributed by atoms with Gasteiger partial charge in [-0.3, -0.25) is 19.6 Å². The van der Waals surface area contributed by atoms with Crippen molar-refractivity contribution in [2.24, 2.45) is 0 Å². The van der Waals surface area contributed by atoms with Crippen molar-refractivity contribution in [2.45, 2.75) is 13.1 Å². The molecule has 1 amide bonds. The van der Waals surface area contributed by atoms with Gasteiger partial charge >= 0.3 is 0 Å². The largest absolute Gasteiger partial charge is 0.382 e. The summed E-state index contributed by atoms with van der Waals surface area (Å²) in [7, 11) is 0. The molecule has 2 aromatic heterocycles. The molecule has 11 heteroatoms. The van der Waals surface area contributed by atoms with Gasteiger partial charge in [-0.25, -0.2) is 9.97 Å². The van der Waals surface area contributed by atoms with Crippen LogP contribution in [-0.2, 0) is 13.1 Å². The number of nitrogens with two attached hydrogens (primary N) is 1. The molecule has 0 bridgehead atoms. The van der Waals surface area contributed by atoms with Crippen molar-refractivity contribution in [1.82, 2.24) is 30.1 Å². The van der Waals surface area contributed by atoms with Gasteiger partial charge in [0.1, 0.15) is 0 Å². The lowest BCUT2D eigenvalue weighted by Gasteiger charge is -2.34. The number of aromatic nitrogens is 3. The lowest BCUT2D eigenvalue weighted by molar-refractivity contribution is 0.0930. The van der Waals surface area contributed by atoms with Gasteiger partial charge in [-0.15, -0.1) is 0 Å². The first-order valence-electron chi connectivity index (χ1n) is 11.4. The van der Waals surface area contributed by atoms with Gasteiger partial charge in [-0.2, -0.15) is 0 Å². The molecule has 0 aliphatic carbocycles. The number of hydrogen-bond acceptors (Lipinski definition) is 8. The fourth-order valence-corrected chi connectivity index (χ4v) is 4.38. The predicted molar refractivity (Wildman–Crippen MR) is 146 cm³/mol. The molecular formula is C24H28ClIN8O. The highest BCUT2D eigenvalue weighted by molar-refractivity contribution is 14.1. The fraction of sp³-hybridized carbons (Fsp3) is 0.333. The van der Waals surface area contributed by atoms with Crippen molar-refractivity contribution >= 4 is 51.7 Å². The quantitative estimate of drug-likeness (QED) is 0.319. The molecule has 1 aliphatic heterocycles. The van der Waals surface area contributed by atoms with Gasteiger partial charge in [0.2, 0.25) is 0 Å². The van der Waals surface area contributed by atoms with Crippen LogP contribution in [0.1, 0.15) is 21.6 Å². The van der Waals surface area contributed by atoms with Crippen LogP contribution in [0, 0.1) is 3.57 Å². The van der Waals surface area contributed by atoms with Crippen molar-refractivity contribution in [2.75, 3.05) is 50.3 Å². The van der Waals surface area contributed by atoms with Crippen LogP contribution in [0.15, 0.2) is 48.8 Å². The van der Waals surface area contributed by atoms with E-state index in [1.807, 2.05) is 36.5 Å². The molecular weight excluding hydrogens is 579 g/mol. The number of nitrogens with zero attached hydrogens (tertiary/aromatic N) is 5. The van der Waals surface area contributed by atoms with Crippen molar-refractivity contribution in [3.8, 4) is 0 Å². The van der Waals surface area contributed by atoms with Crippen LogP contribution in [-0.4, -0.2) is 69.9 Å². The van der Waals surface area contributed by atoms with Crippen LogP contribution < -0.4 is 16.4 Å². The molecule has 3 aromatic rings. The maximum Gasteiger partial charge on any atom is 0.273 e. The van der Waals surface area contributed by atoms with E-state index in [1.54, 1.807) is 6.20 Å². The average molecular weight is 607 g/mol. The summed E-state index contributed by atoms with van der Waals surface area (Å²) in [5, 5.41) is 6.12. The molecule has 1 saturated heterocycles. The summed E-state index contributed by atoms with van der Waals surface area (Å²) < 4.78 is 1.16. The van der Waals surface area contributed by atoms with Crippen LogP contribution in [0.3, 0.4) is 0 Å². The van der Waals surface area contributed by atoms with Crippen LogP contribution >= 0.6 is 34.2 Å². The Labute approximate surface area is 223 Å². The van der Waals surface area contributed by atoms with E-state index in [4.69, 9.17) is 17.3 Å². The zero-order valence-electron chi connectivity index (χ0n) is 19.3. The van der Waals surface area contributed by atoms with E-state index in [9.17, 15) is 4.79 Å². The Kier molecular flexibility index (Phi) is 9.07. The Morgan fingerprint density at radius 3 is 2.51 bits per heavy atom. The van der Waals surface area contributed by atoms with E-state index in [0.29, 0.717) is 18.9 Å². The highest BCUT2D eigenvalue weighted by Gasteiger charge is 2.19. The van der Waals surface area contributed by atoms with E-state index in [0.717, 1.165) is 48.4 Å². The van der Waals surface area contributed by atoms with E-state index in [-0.39, 0.29) is 22.6 Å². The zero-order chi connectivity index (χ0) is 24.6. The Bertz CT molecular complexity index is 1120. The highest BCUT2D eigenvalue weighted by atomic mass is 127. The Balaban J connectivity index is 1.21. The molecule has 1 aliphatic rings. The second-order valence-corrected chi connectivity index (χ2v) is 9.92. The highest BCUT2D eigenvalue weighted by Crippen LogP contribution is 2.21. The van der Waals surface area contributed by atoms with Gasteiger partial charge in [0.05, 0.1) is 0 Å². The summed E-state index contributed by atoms with van der Waals surface area (Å²) in [5.74, 6) is 0.0146. The number of pyridine rings is 1. The van der Waals surface area contributed by atoms with Crippen LogP contribution in [0.25, 0.3) is 0 Å². The summed E-state index contributed by atoms with van der Waals surface area (Å²) in [4.78, 5) is 30.0. The normalized spacial score (nSPS) is 14.6. The number of amides is 1. The lowest BCUT2D eigenvalue weighted by Crippen LogP contribution is -2.48. The molecule has 1 fully saturated rings. The second-order valence-electron chi connectivity index (χ2n) is 8.31. The number of piperazine rings is 1. The van der Waals surface area contributed by atoms with Crippen LogP contribution in [0.4, 0.5) is 11.6 Å². The number of anilines is 2. The maximum absolute atomic E-state index is 12.6. The van der Waals surface area contributed by atoms with Crippen molar-refractivity contribution in [1.29, 1.82) is 0 Å². The average Bonchev–Trinajstić information content (AvgIpc) is 2.87. The van der Waals surface area contributed by atoms with E-state index in [1.165, 1.54) is 5.56 Å². The van der Waals surface area contributed by atoms with Crippen molar-refractivity contribution < 1.29 is 4.79 Å². The summed E-state index contributed by atoms with van der Waals surface area (Å²) in [5.41, 5.74) is 8.35. The number of rotatable bonds is 9. The standard InChI is InChI=1S/C24H28ClIN8O/c25-21-23(30-15-17-3-5-19(26)6-4-17)32-22(27)20(31-21)24(35)29-8-9-33-10-12-34(13-11-33)16-18-2-1-7-28-14-18/h1-7,14H,8-13,15-16H2,(H,29,35)(H3,27,30,32). The van der Waals surface area contributed by atoms with E-state index in [2.05, 4.69) is 64.0 Å². The van der Waals surface area contributed by atoms with Crippen LogP contribution in [0.2, 0.25) is 5.15 Å². The topological polar surface area (TPSA) is 112 Å². The number of halogens is 2. The van der Waals surface area contributed by atoms with Gasteiger partial charge in [0.25, 0.3) is 5.91 Å². The summed E-state index contributed by atoms with van der Waals surface area (Å²) >= 11 is 8.53. The molecule has 184 valence electrons. The Hall–Kier alpha value is -2.54. The van der Waals surface area contributed by atoms with Gasteiger partial charge < -0.3 is 16.4 Å². The number of nitrogen functional groups attached to an aromatic ring is 1. The van der Waals surface area contributed by atoms with E-state index >= 15 is 0 Å². The number of carbonyl (C=O) groups is 1. The van der Waals surface area contributed by atoms with Gasteiger partial charge in [0, 0.05) is 68.3 Å². The molecule has 4 rings (SSSR count). The molecule has 35 heavy (non-hydrogen) atoms. The third-order valence-corrected chi connectivity index (χ3v) is 6.76. The minimum Gasteiger partial charge on any atom is -0.382 e. The van der Waals surface area contributed by atoms with Gasteiger partial charge in [-0.1, -0.05) is 29.8 Å². The minimum absolute atomic E-state index is 0.0381. The molecule has 9 nitrogen and oxygen atoms in total. The first kappa shape index (κ1) is 25.5. The smallest absolute Gasteiger partial charge is 0.273 e. The van der Waals surface area contributed by atoms with Crippen molar-refractivity contribution in [3.05, 3.63) is 74.3 Å². The van der Waals surface area contributed by atoms with Crippen molar-refractivity contribution in [3.63, 3.8) is 0 Å². The monoisotopic (exact) mass is 606 g/mol. The third-order valence-electron chi connectivity index (χ3n) is 5.78. The Morgan fingerprint density at radius 2 is 1.80 bits per heavy atom. The molecule has 0 radical (unpaired) electrons. The first-order chi connectivity index (χ1) is 17.0. The number of carbonyl (C=O) groups excluding carboxylic acids is 1. The number of nitrogens with one attached hydrogen (secondary N) is 2. The summed E-state index contributed by atoms with van der Waals surface area (Å²) in [6, 6.07) is 12.1. The third kappa shape index (κ3) is 7.47. The summed E-state index contributed by atoms with van der Waals surface area (Å²) in [6.07, 6.45) is 3.70. The molecule has 3 heterocycles. The molecule has 1 aromatic carbocycles. The molecule has 0 spiro atoms. The number of hydrogen-bond donors (Lipinski definition) is 3.